The summed E-state index contributed by atoms with van der Waals surface area (Å²) >= 11 is 0. The normalized spacial score (nSPS) is 21.3. The smallest absolute Gasteiger partial charge is 0.410 e. The minimum atomic E-state index is -0.986. The van der Waals surface area contributed by atoms with Crippen LogP contribution in [0.1, 0.15) is 38.8 Å². The lowest BCUT2D eigenvalue weighted by atomic mass is 9.93. The Kier molecular flexibility index (Phi) is 4.38. The summed E-state index contributed by atoms with van der Waals surface area (Å²) in [5.74, 6) is 0. The number of hydrogen-bond donors (Lipinski definition) is 1. The van der Waals surface area contributed by atoms with Gasteiger partial charge in [-0.25, -0.2) is 4.79 Å². The molecule has 0 bridgehead atoms. The summed E-state index contributed by atoms with van der Waals surface area (Å²) in [6.45, 7) is 10.3. The molecule has 1 aliphatic carbocycles. The van der Waals surface area contributed by atoms with Gasteiger partial charge in [-0.05, 0) is 62.1 Å². The topological polar surface area (TPSA) is 53.0 Å². The van der Waals surface area contributed by atoms with Gasteiger partial charge in [0.05, 0.1) is 0 Å². The van der Waals surface area contributed by atoms with Crippen LogP contribution in [-0.2, 0) is 10.3 Å². The number of rotatable bonds is 1. The van der Waals surface area contributed by atoms with Crippen molar-refractivity contribution in [2.24, 2.45) is 0 Å². The number of hydrogen-bond acceptors (Lipinski definition) is 4. The van der Waals surface area contributed by atoms with Crippen LogP contribution in [0.15, 0.2) is 42.5 Å². The Bertz CT molecular complexity index is 906. The molecule has 2 aromatic carbocycles. The molecule has 0 radical (unpaired) electrons. The maximum Gasteiger partial charge on any atom is 0.410 e. The Morgan fingerprint density at radius 3 is 2.32 bits per heavy atom. The zero-order valence-corrected chi connectivity index (χ0v) is 17.0. The molecule has 5 nitrogen and oxygen atoms in total. The lowest BCUT2D eigenvalue weighted by Crippen LogP contribution is -2.50. The molecule has 1 saturated heterocycles. The Morgan fingerprint density at radius 2 is 1.64 bits per heavy atom. The Hall–Kier alpha value is -2.53. The number of fused-ring (bicyclic) bond motifs is 3. The van der Waals surface area contributed by atoms with Crippen molar-refractivity contribution < 1.29 is 14.6 Å². The number of aliphatic hydroxyl groups is 1. The Labute approximate surface area is 166 Å². The molecule has 0 aromatic heterocycles. The Morgan fingerprint density at radius 1 is 1.00 bits per heavy atom. The zero-order valence-electron chi connectivity index (χ0n) is 17.0. The molecule has 1 atom stereocenters. The summed E-state index contributed by atoms with van der Waals surface area (Å²) in [6, 6.07) is 14.3. The second kappa shape index (κ2) is 6.52. The molecule has 0 spiro atoms. The number of carbonyl (C=O) groups is 1. The number of amides is 1. The first-order valence-corrected chi connectivity index (χ1v) is 9.86. The molecular formula is C23H28N2O3. The first kappa shape index (κ1) is 18.8. The van der Waals surface area contributed by atoms with Gasteiger partial charge in [-0.2, -0.15) is 0 Å². The van der Waals surface area contributed by atoms with Crippen LogP contribution in [0.3, 0.4) is 0 Å². The molecule has 28 heavy (non-hydrogen) atoms. The van der Waals surface area contributed by atoms with Crippen LogP contribution in [0.2, 0.25) is 0 Å². The highest BCUT2D eigenvalue weighted by Crippen LogP contribution is 2.48. The molecule has 2 aliphatic rings. The van der Waals surface area contributed by atoms with E-state index in [1.807, 2.05) is 45.9 Å². The highest BCUT2D eigenvalue weighted by atomic mass is 16.6. The third-order valence-corrected chi connectivity index (χ3v) is 5.57. The van der Waals surface area contributed by atoms with E-state index in [2.05, 4.69) is 29.2 Å². The third kappa shape index (κ3) is 3.24. The molecule has 1 amide bonds. The summed E-state index contributed by atoms with van der Waals surface area (Å²) in [5.41, 5.74) is 3.71. The van der Waals surface area contributed by atoms with Crippen molar-refractivity contribution in [3.63, 3.8) is 0 Å². The van der Waals surface area contributed by atoms with Gasteiger partial charge in [0, 0.05) is 31.9 Å². The number of piperazine rings is 1. The predicted molar refractivity (Wildman–Crippen MR) is 111 cm³/mol. The second-order valence-corrected chi connectivity index (χ2v) is 8.80. The SMILES string of the molecule is CC(C)(C)OC(=O)N1CCN(c2ccc3c(c2)C(C)(O)c2ccccc2-3)CC1. The standard InChI is InChI=1S/C23H28N2O3/c1-22(2,3)28-21(26)25-13-11-24(12-14-25)16-9-10-18-17-7-5-6-8-19(17)23(4,27)20(18)15-16/h5-10,15,27H,11-14H2,1-4H3. The molecule has 1 fully saturated rings. The van der Waals surface area contributed by atoms with E-state index < -0.39 is 11.2 Å². The van der Waals surface area contributed by atoms with Gasteiger partial charge in [-0.3, -0.25) is 0 Å². The van der Waals surface area contributed by atoms with E-state index in [4.69, 9.17) is 4.74 Å². The second-order valence-electron chi connectivity index (χ2n) is 8.80. The van der Waals surface area contributed by atoms with Crippen LogP contribution >= 0.6 is 0 Å². The third-order valence-electron chi connectivity index (χ3n) is 5.57. The highest BCUT2D eigenvalue weighted by Gasteiger charge is 2.37. The van der Waals surface area contributed by atoms with Crippen LogP contribution in [-0.4, -0.2) is 47.9 Å². The minimum Gasteiger partial charge on any atom is -0.444 e. The van der Waals surface area contributed by atoms with Gasteiger partial charge in [0.2, 0.25) is 0 Å². The Balaban J connectivity index is 1.51. The first-order chi connectivity index (χ1) is 13.2. The predicted octanol–water partition coefficient (Wildman–Crippen LogP) is 3.98. The summed E-state index contributed by atoms with van der Waals surface area (Å²) in [7, 11) is 0. The van der Waals surface area contributed by atoms with Crippen molar-refractivity contribution in [3.8, 4) is 11.1 Å². The summed E-state index contributed by atoms with van der Waals surface area (Å²) < 4.78 is 5.48. The van der Waals surface area contributed by atoms with Gasteiger partial charge in [0.25, 0.3) is 0 Å². The van der Waals surface area contributed by atoms with E-state index in [9.17, 15) is 9.90 Å². The van der Waals surface area contributed by atoms with Crippen molar-refractivity contribution in [3.05, 3.63) is 53.6 Å². The molecule has 4 rings (SSSR count). The van der Waals surface area contributed by atoms with Crippen LogP contribution in [0.4, 0.5) is 10.5 Å². The van der Waals surface area contributed by atoms with Crippen LogP contribution in [0.25, 0.3) is 11.1 Å². The lowest BCUT2D eigenvalue weighted by Gasteiger charge is -2.37. The molecule has 0 saturated carbocycles. The van der Waals surface area contributed by atoms with E-state index in [1.165, 1.54) is 0 Å². The van der Waals surface area contributed by atoms with Gasteiger partial charge < -0.3 is 19.6 Å². The van der Waals surface area contributed by atoms with Crippen molar-refractivity contribution in [1.82, 2.24) is 4.90 Å². The number of benzene rings is 2. The van der Waals surface area contributed by atoms with Crippen LogP contribution in [0, 0.1) is 0 Å². The van der Waals surface area contributed by atoms with Gasteiger partial charge in [-0.15, -0.1) is 0 Å². The average molecular weight is 380 g/mol. The molecule has 148 valence electrons. The zero-order chi connectivity index (χ0) is 20.1. The van der Waals surface area contributed by atoms with E-state index in [0.29, 0.717) is 13.1 Å². The van der Waals surface area contributed by atoms with Crippen LogP contribution in [0.5, 0.6) is 0 Å². The van der Waals surface area contributed by atoms with Crippen molar-refractivity contribution in [2.45, 2.75) is 38.9 Å². The number of carbonyl (C=O) groups excluding carboxylic acids is 1. The molecule has 1 N–H and O–H groups in total. The van der Waals surface area contributed by atoms with E-state index in [0.717, 1.165) is 41.0 Å². The van der Waals surface area contributed by atoms with Gasteiger partial charge in [0.15, 0.2) is 0 Å². The van der Waals surface area contributed by atoms with Crippen molar-refractivity contribution in [2.75, 3.05) is 31.1 Å². The van der Waals surface area contributed by atoms with Gasteiger partial charge in [0.1, 0.15) is 11.2 Å². The minimum absolute atomic E-state index is 0.250. The maximum atomic E-state index is 12.3. The first-order valence-electron chi connectivity index (χ1n) is 9.86. The number of ether oxygens (including phenoxy) is 1. The fourth-order valence-corrected chi connectivity index (χ4v) is 4.13. The van der Waals surface area contributed by atoms with E-state index in [-0.39, 0.29) is 6.09 Å². The van der Waals surface area contributed by atoms with E-state index >= 15 is 0 Å². The van der Waals surface area contributed by atoms with Gasteiger partial charge >= 0.3 is 6.09 Å². The maximum absolute atomic E-state index is 12.3. The molecule has 1 aliphatic heterocycles. The fourth-order valence-electron chi connectivity index (χ4n) is 4.13. The lowest BCUT2D eigenvalue weighted by molar-refractivity contribution is 0.0240. The fraction of sp³-hybridized carbons (Fsp3) is 0.435. The molecule has 2 aromatic rings. The quantitative estimate of drug-likeness (QED) is 0.813. The van der Waals surface area contributed by atoms with Crippen molar-refractivity contribution >= 4 is 11.8 Å². The van der Waals surface area contributed by atoms with Crippen molar-refractivity contribution in [1.29, 1.82) is 0 Å². The number of nitrogens with zero attached hydrogens (tertiary/aromatic N) is 2. The highest BCUT2D eigenvalue weighted by molar-refractivity contribution is 5.81. The van der Waals surface area contributed by atoms with E-state index in [1.54, 1.807) is 4.90 Å². The summed E-state index contributed by atoms with van der Waals surface area (Å²) in [5, 5.41) is 11.2. The summed E-state index contributed by atoms with van der Waals surface area (Å²) in [4.78, 5) is 16.3. The molecule has 5 heteroatoms. The average Bonchev–Trinajstić information content (AvgIpc) is 2.88. The molecule has 1 unspecified atom stereocenters. The molecule has 1 heterocycles. The monoisotopic (exact) mass is 380 g/mol. The summed E-state index contributed by atoms with van der Waals surface area (Å²) in [6.07, 6.45) is -0.250. The molecular weight excluding hydrogens is 352 g/mol. The van der Waals surface area contributed by atoms with Gasteiger partial charge in [-0.1, -0.05) is 30.3 Å². The number of anilines is 1. The largest absolute Gasteiger partial charge is 0.444 e. The van der Waals surface area contributed by atoms with Crippen LogP contribution < -0.4 is 4.90 Å².